The summed E-state index contributed by atoms with van der Waals surface area (Å²) in [5, 5.41) is 0. The Labute approximate surface area is 278 Å². The SMILES string of the molecule is c1ccc(-c2nc3ccccc3n2-c2ccc(-c3cccc4c3Sc3ccccc3C43c4ccccc4-c4ccccc43)cc2)cc1. The minimum absolute atomic E-state index is 0.374. The van der Waals surface area contributed by atoms with Crippen molar-refractivity contribution < 1.29 is 0 Å². The summed E-state index contributed by atoms with van der Waals surface area (Å²) < 4.78 is 2.28. The molecule has 0 fully saturated rings. The van der Waals surface area contributed by atoms with Gasteiger partial charge in [-0.25, -0.2) is 4.98 Å². The van der Waals surface area contributed by atoms with Crippen LogP contribution in [0.1, 0.15) is 22.3 Å². The fourth-order valence-electron chi connectivity index (χ4n) is 7.96. The molecule has 0 saturated carbocycles. The maximum absolute atomic E-state index is 5.06. The van der Waals surface area contributed by atoms with E-state index in [-0.39, 0.29) is 5.41 Å². The standard InChI is InChI=1S/C44H28N2S/c1-2-13-30(14-3-1)43-45-39-22-9-10-23-40(39)46(43)31-27-25-29(26-28-31)32-17-12-21-38-42(32)47-41-24-11-8-20-37(41)44(38)35-18-6-4-15-33(35)34-16-5-7-19-36(34)44/h1-28H. The molecule has 2 aliphatic rings. The number of benzene rings is 7. The number of hydrogen-bond acceptors (Lipinski definition) is 2. The second kappa shape index (κ2) is 10.2. The van der Waals surface area contributed by atoms with Crippen LogP contribution in [0.5, 0.6) is 0 Å². The lowest BCUT2D eigenvalue weighted by molar-refractivity contribution is 0.723. The smallest absolute Gasteiger partial charge is 0.145 e. The Morgan fingerprint density at radius 2 is 1.04 bits per heavy atom. The summed E-state index contributed by atoms with van der Waals surface area (Å²) in [6.07, 6.45) is 0. The van der Waals surface area contributed by atoms with Crippen LogP contribution in [0.15, 0.2) is 180 Å². The van der Waals surface area contributed by atoms with Crippen LogP contribution in [0.4, 0.5) is 0 Å². The fraction of sp³-hybridized carbons (Fsp3) is 0.0227. The molecule has 2 nitrogen and oxygen atoms in total. The van der Waals surface area contributed by atoms with Crippen LogP contribution in [0.25, 0.3) is 50.4 Å². The van der Waals surface area contributed by atoms with Gasteiger partial charge in [0, 0.05) is 21.0 Å². The first-order valence-corrected chi connectivity index (χ1v) is 16.9. The molecule has 1 aliphatic heterocycles. The van der Waals surface area contributed by atoms with Crippen molar-refractivity contribution in [1.29, 1.82) is 0 Å². The highest BCUT2D eigenvalue weighted by molar-refractivity contribution is 7.99. The number of fused-ring (bicyclic) bond motifs is 10. The van der Waals surface area contributed by atoms with E-state index in [1.165, 1.54) is 54.3 Å². The van der Waals surface area contributed by atoms with Gasteiger partial charge in [0.25, 0.3) is 0 Å². The highest BCUT2D eigenvalue weighted by atomic mass is 32.2. The van der Waals surface area contributed by atoms with Crippen molar-refractivity contribution in [3.63, 3.8) is 0 Å². The van der Waals surface area contributed by atoms with Crippen LogP contribution < -0.4 is 0 Å². The molecule has 47 heavy (non-hydrogen) atoms. The van der Waals surface area contributed by atoms with Crippen molar-refractivity contribution in [2.75, 3.05) is 0 Å². The van der Waals surface area contributed by atoms with E-state index in [1.807, 2.05) is 11.8 Å². The Bertz CT molecular complexity index is 2450. The minimum atomic E-state index is -0.374. The van der Waals surface area contributed by atoms with Crippen molar-refractivity contribution in [3.05, 3.63) is 192 Å². The van der Waals surface area contributed by atoms with E-state index >= 15 is 0 Å². The zero-order valence-electron chi connectivity index (χ0n) is 25.5. The molecule has 0 N–H and O–H groups in total. The Kier molecular flexibility index (Phi) is 5.76. The van der Waals surface area contributed by atoms with E-state index in [2.05, 4.69) is 174 Å². The predicted octanol–water partition coefficient (Wildman–Crippen LogP) is 11.2. The first-order chi connectivity index (χ1) is 23.3. The molecule has 10 rings (SSSR count). The summed E-state index contributed by atoms with van der Waals surface area (Å²) in [7, 11) is 0. The number of imidazole rings is 1. The van der Waals surface area contributed by atoms with Crippen LogP contribution in [0.2, 0.25) is 0 Å². The Balaban J connectivity index is 1.17. The summed E-state index contributed by atoms with van der Waals surface area (Å²) in [5.74, 6) is 0.948. The van der Waals surface area contributed by atoms with Gasteiger partial charge in [0.2, 0.25) is 0 Å². The third-order valence-electron chi connectivity index (χ3n) is 9.90. The lowest BCUT2D eigenvalue weighted by Gasteiger charge is -2.40. The average Bonchev–Trinajstić information content (AvgIpc) is 3.67. The van der Waals surface area contributed by atoms with E-state index in [4.69, 9.17) is 4.98 Å². The van der Waals surface area contributed by atoms with Gasteiger partial charge in [-0.1, -0.05) is 151 Å². The van der Waals surface area contributed by atoms with E-state index in [1.54, 1.807) is 0 Å². The maximum Gasteiger partial charge on any atom is 0.145 e. The lowest BCUT2D eigenvalue weighted by Crippen LogP contribution is -2.32. The fourth-order valence-corrected chi connectivity index (χ4v) is 9.29. The van der Waals surface area contributed by atoms with Gasteiger partial charge < -0.3 is 0 Å². The second-order valence-electron chi connectivity index (χ2n) is 12.3. The summed E-state index contributed by atoms with van der Waals surface area (Å²) in [6.45, 7) is 0. The quantitative estimate of drug-likeness (QED) is 0.197. The molecular formula is C44H28N2S. The predicted molar refractivity (Wildman–Crippen MR) is 193 cm³/mol. The van der Waals surface area contributed by atoms with Crippen molar-refractivity contribution >= 4 is 22.8 Å². The average molecular weight is 617 g/mol. The lowest BCUT2D eigenvalue weighted by atomic mass is 9.67. The zero-order chi connectivity index (χ0) is 31.0. The van der Waals surface area contributed by atoms with Crippen LogP contribution in [0.3, 0.4) is 0 Å². The van der Waals surface area contributed by atoms with Gasteiger partial charge in [-0.15, -0.1) is 0 Å². The number of rotatable bonds is 3. The molecule has 0 radical (unpaired) electrons. The molecule has 1 aromatic heterocycles. The minimum Gasteiger partial charge on any atom is -0.292 e. The van der Waals surface area contributed by atoms with Crippen molar-refractivity contribution in [2.24, 2.45) is 0 Å². The third kappa shape index (κ3) is 3.72. The monoisotopic (exact) mass is 616 g/mol. The Morgan fingerprint density at radius 3 is 1.81 bits per heavy atom. The van der Waals surface area contributed by atoms with Crippen LogP contribution in [-0.4, -0.2) is 9.55 Å². The van der Waals surface area contributed by atoms with Gasteiger partial charge in [-0.3, -0.25) is 4.57 Å². The number of hydrogen-bond donors (Lipinski definition) is 0. The normalized spacial score (nSPS) is 13.6. The summed E-state index contributed by atoms with van der Waals surface area (Å²) in [4.78, 5) is 7.69. The van der Waals surface area contributed by atoms with Crippen molar-refractivity contribution in [2.45, 2.75) is 15.2 Å². The molecule has 3 heteroatoms. The van der Waals surface area contributed by atoms with E-state index in [9.17, 15) is 0 Å². The first-order valence-electron chi connectivity index (χ1n) is 16.1. The van der Waals surface area contributed by atoms with E-state index < -0.39 is 0 Å². The zero-order valence-corrected chi connectivity index (χ0v) is 26.3. The molecule has 1 aliphatic carbocycles. The molecule has 220 valence electrons. The van der Waals surface area contributed by atoms with Crippen LogP contribution >= 0.6 is 11.8 Å². The maximum atomic E-state index is 5.06. The van der Waals surface area contributed by atoms with E-state index in [0.717, 1.165) is 28.1 Å². The van der Waals surface area contributed by atoms with Crippen molar-refractivity contribution in [1.82, 2.24) is 9.55 Å². The summed E-state index contributed by atoms with van der Waals surface area (Å²) in [5.41, 5.74) is 14.5. The molecule has 1 spiro atoms. The van der Waals surface area contributed by atoms with Gasteiger partial charge >= 0.3 is 0 Å². The van der Waals surface area contributed by atoms with Gasteiger partial charge in [-0.05, 0) is 74.8 Å². The molecule has 0 saturated heterocycles. The number of aromatic nitrogens is 2. The molecule has 7 aromatic carbocycles. The molecule has 0 bridgehead atoms. The molecule has 0 atom stereocenters. The highest BCUT2D eigenvalue weighted by Gasteiger charge is 2.50. The Morgan fingerprint density at radius 1 is 0.447 bits per heavy atom. The largest absolute Gasteiger partial charge is 0.292 e. The number of nitrogens with zero attached hydrogens (tertiary/aromatic N) is 2. The van der Waals surface area contributed by atoms with Gasteiger partial charge in [0.05, 0.1) is 16.4 Å². The summed E-state index contributed by atoms with van der Waals surface area (Å²) in [6, 6.07) is 61.8. The van der Waals surface area contributed by atoms with E-state index in [0.29, 0.717) is 0 Å². The van der Waals surface area contributed by atoms with Crippen LogP contribution in [-0.2, 0) is 5.41 Å². The molecule has 2 heterocycles. The van der Waals surface area contributed by atoms with Gasteiger partial charge in [0.1, 0.15) is 5.82 Å². The molecule has 8 aromatic rings. The van der Waals surface area contributed by atoms with Crippen LogP contribution in [0, 0.1) is 0 Å². The first kappa shape index (κ1) is 26.6. The molecule has 0 unspecified atom stereocenters. The molecule has 0 amide bonds. The third-order valence-corrected chi connectivity index (χ3v) is 11.1. The molecular weight excluding hydrogens is 589 g/mol. The van der Waals surface area contributed by atoms with Crippen molar-refractivity contribution in [3.8, 4) is 39.3 Å². The second-order valence-corrected chi connectivity index (χ2v) is 13.3. The topological polar surface area (TPSA) is 17.8 Å². The highest BCUT2D eigenvalue weighted by Crippen LogP contribution is 2.63. The Hall–Kier alpha value is -5.64. The van der Waals surface area contributed by atoms with Gasteiger partial charge in [0.15, 0.2) is 0 Å². The van der Waals surface area contributed by atoms with Gasteiger partial charge in [-0.2, -0.15) is 0 Å². The number of para-hydroxylation sites is 2. The summed E-state index contributed by atoms with van der Waals surface area (Å²) >= 11 is 1.90.